The van der Waals surface area contributed by atoms with Crippen molar-refractivity contribution in [3.63, 3.8) is 0 Å². The summed E-state index contributed by atoms with van der Waals surface area (Å²) in [7, 11) is 1.45. The summed E-state index contributed by atoms with van der Waals surface area (Å²) < 4.78 is 10.9. The molecule has 48 heavy (non-hydrogen) atoms. The largest absolute Gasteiger partial charge is 0.465 e. The number of carbonyl (C=O) groups excluding carboxylic acids is 1. The Morgan fingerprint density at radius 3 is 2.44 bits per heavy atom. The highest BCUT2D eigenvalue weighted by Crippen LogP contribution is 2.45. The second-order valence-corrected chi connectivity index (χ2v) is 13.7. The van der Waals surface area contributed by atoms with E-state index in [-0.39, 0.29) is 11.5 Å². The van der Waals surface area contributed by atoms with E-state index in [0.29, 0.717) is 11.5 Å². The number of nitrogens with two attached hydrogens (primary N) is 1. The van der Waals surface area contributed by atoms with Crippen molar-refractivity contribution >= 4 is 28.6 Å². The summed E-state index contributed by atoms with van der Waals surface area (Å²) in [5, 5.41) is 0. The zero-order valence-electron chi connectivity index (χ0n) is 28.5. The molecule has 0 spiro atoms. The Morgan fingerprint density at radius 1 is 0.938 bits per heavy atom. The topological polar surface area (TPSA) is 68.0 Å². The Bertz CT molecular complexity index is 1810. The Labute approximate surface area is 285 Å². The highest BCUT2D eigenvalue weighted by molar-refractivity contribution is 5.99. The van der Waals surface area contributed by atoms with E-state index in [2.05, 4.69) is 96.5 Å². The normalized spacial score (nSPS) is 21.1. The molecule has 1 atom stereocenters. The van der Waals surface area contributed by atoms with Crippen molar-refractivity contribution in [1.29, 1.82) is 0 Å². The first kappa shape index (κ1) is 32.2. The lowest BCUT2D eigenvalue weighted by atomic mass is 9.73. The van der Waals surface area contributed by atoms with E-state index in [4.69, 9.17) is 15.2 Å². The van der Waals surface area contributed by atoms with Crippen LogP contribution in [0.1, 0.15) is 79.4 Å². The van der Waals surface area contributed by atoms with E-state index in [0.717, 1.165) is 75.4 Å². The monoisotopic (exact) mass is 641 g/mol. The van der Waals surface area contributed by atoms with Crippen molar-refractivity contribution < 1.29 is 14.3 Å². The lowest BCUT2D eigenvalue weighted by Crippen LogP contribution is -2.43. The van der Waals surface area contributed by atoms with Crippen LogP contribution in [-0.2, 0) is 15.0 Å². The molecule has 7 rings (SSSR count). The van der Waals surface area contributed by atoms with Gasteiger partial charge in [-0.15, -0.1) is 0 Å². The van der Waals surface area contributed by atoms with Crippen LogP contribution in [-0.4, -0.2) is 39.4 Å². The number of benzene rings is 3. The summed E-state index contributed by atoms with van der Waals surface area (Å²) in [4.78, 5) is 17.9. The maximum Gasteiger partial charge on any atom is 0.338 e. The van der Waals surface area contributed by atoms with Crippen molar-refractivity contribution in [2.45, 2.75) is 57.9 Å². The molecule has 0 bridgehead atoms. The second kappa shape index (κ2) is 13.6. The van der Waals surface area contributed by atoms with Crippen LogP contribution in [0, 0.1) is 5.92 Å². The average molecular weight is 642 g/mol. The zero-order chi connectivity index (χ0) is 33.3. The maximum atomic E-state index is 13.1. The van der Waals surface area contributed by atoms with Gasteiger partial charge in [0, 0.05) is 41.3 Å². The van der Waals surface area contributed by atoms with Crippen LogP contribution < -0.4 is 15.5 Å². The minimum atomic E-state index is -0.330. The van der Waals surface area contributed by atoms with Gasteiger partial charge in [-0.05, 0) is 110 Å². The number of methoxy groups -OCH3 is 1. The van der Waals surface area contributed by atoms with Crippen molar-refractivity contribution in [2.75, 3.05) is 43.2 Å². The second-order valence-electron chi connectivity index (χ2n) is 13.7. The van der Waals surface area contributed by atoms with E-state index in [1.807, 2.05) is 18.2 Å². The van der Waals surface area contributed by atoms with Crippen molar-refractivity contribution in [3.05, 3.63) is 130 Å². The first-order valence-corrected chi connectivity index (χ1v) is 17.5. The summed E-state index contributed by atoms with van der Waals surface area (Å²) in [6.45, 7) is 7.92. The Hall–Kier alpha value is -4.39. The Morgan fingerprint density at radius 2 is 1.71 bits per heavy atom. The van der Waals surface area contributed by atoms with E-state index in [9.17, 15) is 4.79 Å². The van der Waals surface area contributed by atoms with Gasteiger partial charge in [-0.2, -0.15) is 0 Å². The molecule has 4 aliphatic rings. The summed E-state index contributed by atoms with van der Waals surface area (Å²) in [6, 6.07) is 25.7. The van der Waals surface area contributed by atoms with E-state index in [1.165, 1.54) is 52.8 Å². The first-order chi connectivity index (χ1) is 23.4. The van der Waals surface area contributed by atoms with Gasteiger partial charge in [0.15, 0.2) is 0 Å². The van der Waals surface area contributed by atoms with Gasteiger partial charge in [0.2, 0.25) is 0 Å². The molecule has 0 amide bonds. The molecule has 1 saturated carbocycles. The number of fused-ring (bicyclic) bond motifs is 1. The molecule has 2 N–H and O–H groups in total. The molecule has 3 aromatic rings. The lowest BCUT2D eigenvalue weighted by Gasteiger charge is -2.39. The van der Waals surface area contributed by atoms with Crippen LogP contribution in [0.25, 0.3) is 11.3 Å². The number of nitrogens with zero attached hydrogens (tertiary/aromatic N) is 2. The van der Waals surface area contributed by atoms with Gasteiger partial charge >= 0.3 is 5.97 Å². The highest BCUT2D eigenvalue weighted by atomic mass is 16.5. The minimum Gasteiger partial charge on any atom is -0.465 e. The maximum absolute atomic E-state index is 13.1. The molecule has 0 radical (unpaired) electrons. The van der Waals surface area contributed by atoms with Gasteiger partial charge in [0.1, 0.15) is 0 Å². The third-order valence-electron chi connectivity index (χ3n) is 10.7. The molecule has 1 unspecified atom stereocenters. The van der Waals surface area contributed by atoms with E-state index in [1.54, 1.807) is 0 Å². The molecule has 0 aromatic heterocycles. The van der Waals surface area contributed by atoms with Crippen LogP contribution in [0.2, 0.25) is 0 Å². The van der Waals surface area contributed by atoms with E-state index < -0.39 is 0 Å². The van der Waals surface area contributed by atoms with Crippen LogP contribution in [0.15, 0.2) is 108 Å². The number of hydrogen-bond donors (Lipinski definition) is 1. The molecular weight excluding hydrogens is 594 g/mol. The first-order valence-electron chi connectivity index (χ1n) is 17.5. The number of ether oxygens (including phenoxy) is 2. The predicted octanol–water partition coefficient (Wildman–Crippen LogP) is 8.61. The number of esters is 1. The van der Waals surface area contributed by atoms with Crippen LogP contribution in [0.4, 0.5) is 11.4 Å². The number of morpholine rings is 1. The number of hydrogen-bond acceptors (Lipinski definition) is 6. The Balaban J connectivity index is 1.33. The quantitative estimate of drug-likeness (QED) is 0.272. The third kappa shape index (κ3) is 6.15. The molecule has 1 saturated heterocycles. The number of carbonyl (C=O) groups is 1. The molecule has 3 aromatic carbocycles. The average Bonchev–Trinajstić information content (AvgIpc) is 3.24. The molecule has 2 heterocycles. The molecule has 6 heteroatoms. The number of rotatable bonds is 6. The molecule has 2 aliphatic heterocycles. The smallest absolute Gasteiger partial charge is 0.338 e. The minimum absolute atomic E-state index is 0.232. The lowest BCUT2D eigenvalue weighted by molar-refractivity contribution is 0.0600. The molecule has 2 aliphatic carbocycles. The SMILES string of the molecule is COC(=O)c1ccccc1C1=C(C)CCC2=CC=C(c3cccc(N4CCOCC4)c3)C(C)CC=C2N1c1ccc(C2(N)CCC2)cc1. The van der Waals surface area contributed by atoms with Gasteiger partial charge in [-0.1, -0.05) is 67.6 Å². The molecule has 2 fully saturated rings. The summed E-state index contributed by atoms with van der Waals surface area (Å²) in [5.74, 6) is -0.0299. The van der Waals surface area contributed by atoms with Crippen LogP contribution in [0.3, 0.4) is 0 Å². The number of allylic oxidation sites excluding steroid dienone is 6. The van der Waals surface area contributed by atoms with Crippen molar-refractivity contribution in [3.8, 4) is 0 Å². The van der Waals surface area contributed by atoms with Crippen molar-refractivity contribution in [1.82, 2.24) is 0 Å². The standard InChI is InChI=1S/C42H47N3O3/c1-29-13-21-39-31(15-20-36(29)32-8-6-9-35(28-32)44-24-26-48-27-25-44)14-12-30(2)40(37-10-4-5-11-38(37)41(46)47-3)45(39)34-18-16-33(17-19-34)42(43)22-7-23-42/h4-6,8-11,15-21,28-29H,7,12-14,22-27,43H2,1-3H3. The third-order valence-corrected chi connectivity index (χ3v) is 10.7. The summed E-state index contributed by atoms with van der Waals surface area (Å²) in [5.41, 5.74) is 18.8. The molecular formula is C42H47N3O3. The Kier molecular flexibility index (Phi) is 9.13. The van der Waals surface area contributed by atoms with Crippen molar-refractivity contribution in [2.24, 2.45) is 11.7 Å². The fourth-order valence-electron chi connectivity index (χ4n) is 7.65. The van der Waals surface area contributed by atoms with Gasteiger partial charge in [0.05, 0.1) is 31.6 Å². The van der Waals surface area contributed by atoms with Crippen LogP contribution >= 0.6 is 0 Å². The van der Waals surface area contributed by atoms with Gasteiger partial charge < -0.3 is 25.0 Å². The zero-order valence-corrected chi connectivity index (χ0v) is 28.5. The predicted molar refractivity (Wildman–Crippen MR) is 196 cm³/mol. The van der Waals surface area contributed by atoms with Gasteiger partial charge in [0.25, 0.3) is 0 Å². The summed E-state index contributed by atoms with van der Waals surface area (Å²) >= 11 is 0. The molecule has 248 valence electrons. The fraction of sp³-hybridized carbons (Fsp3) is 0.357. The summed E-state index contributed by atoms with van der Waals surface area (Å²) in [6.07, 6.45) is 13.0. The van der Waals surface area contributed by atoms with Gasteiger partial charge in [-0.3, -0.25) is 0 Å². The fourth-order valence-corrected chi connectivity index (χ4v) is 7.65. The molecule has 6 nitrogen and oxygen atoms in total. The van der Waals surface area contributed by atoms with Gasteiger partial charge in [-0.25, -0.2) is 4.79 Å². The van der Waals surface area contributed by atoms with E-state index >= 15 is 0 Å². The van der Waals surface area contributed by atoms with Crippen LogP contribution in [0.5, 0.6) is 0 Å². The highest BCUT2D eigenvalue weighted by Gasteiger charge is 2.35. The number of anilines is 2.